The van der Waals surface area contributed by atoms with Crippen molar-refractivity contribution in [1.29, 1.82) is 0 Å². The Hall–Kier alpha value is -0.160. The number of nitrogens with zero attached hydrogens (tertiary/aromatic N) is 1. The van der Waals surface area contributed by atoms with Crippen LogP contribution in [0.5, 0.6) is 0 Å². The number of hydrogen-bond acceptors (Lipinski definition) is 4. The summed E-state index contributed by atoms with van der Waals surface area (Å²) >= 11 is 1.65. The van der Waals surface area contributed by atoms with Crippen molar-refractivity contribution in [3.63, 3.8) is 0 Å². The molecule has 3 nitrogen and oxygen atoms in total. The molecule has 1 aromatic heterocycles. The van der Waals surface area contributed by atoms with Gasteiger partial charge in [-0.1, -0.05) is 0 Å². The summed E-state index contributed by atoms with van der Waals surface area (Å²) in [6.07, 6.45) is 4.69. The predicted molar refractivity (Wildman–Crippen MR) is 60.0 cm³/mol. The van der Waals surface area contributed by atoms with Crippen LogP contribution < -0.4 is 5.32 Å². The van der Waals surface area contributed by atoms with Gasteiger partial charge in [0, 0.05) is 12.7 Å². The second kappa shape index (κ2) is 6.35. The summed E-state index contributed by atoms with van der Waals surface area (Å²) in [5, 5.41) is 3.33. The van der Waals surface area contributed by atoms with Crippen LogP contribution in [0.25, 0.3) is 0 Å². The van der Waals surface area contributed by atoms with Gasteiger partial charge in [-0.2, -0.15) is 0 Å². The molecule has 80 valence electrons. The molecule has 1 aromatic rings. The number of nitrogens with one attached hydrogen (secondary N) is 1. The fourth-order valence-corrected chi connectivity index (χ4v) is 1.99. The lowest BCUT2D eigenvalue weighted by molar-refractivity contribution is 0.0266. The molecule has 1 N–H and O–H groups in total. The van der Waals surface area contributed by atoms with Gasteiger partial charge in [-0.05, 0) is 19.4 Å². The Labute approximate surface area is 94.3 Å². The zero-order chi connectivity index (χ0) is 8.93. The van der Waals surface area contributed by atoms with Crippen LogP contribution in [0.3, 0.4) is 0 Å². The number of ether oxygens (including phenoxy) is 1. The lowest BCUT2D eigenvalue weighted by Crippen LogP contribution is -2.35. The summed E-state index contributed by atoms with van der Waals surface area (Å²) in [5.41, 5.74) is 1.85. The maximum absolute atomic E-state index is 5.74. The van der Waals surface area contributed by atoms with E-state index in [2.05, 4.69) is 10.3 Å². The molecule has 5 heteroatoms. The van der Waals surface area contributed by atoms with Crippen molar-refractivity contribution in [3.8, 4) is 0 Å². The van der Waals surface area contributed by atoms with Crippen molar-refractivity contribution in [2.75, 3.05) is 13.1 Å². The molecule has 2 heterocycles. The highest BCUT2D eigenvalue weighted by Crippen LogP contribution is 2.12. The second-order valence-corrected chi connectivity index (χ2v) is 4.22. The van der Waals surface area contributed by atoms with E-state index in [1.807, 2.05) is 11.7 Å². The van der Waals surface area contributed by atoms with Gasteiger partial charge in [-0.25, -0.2) is 0 Å². The van der Waals surface area contributed by atoms with Crippen molar-refractivity contribution in [2.24, 2.45) is 0 Å². The first-order valence-corrected chi connectivity index (χ1v) is 5.53. The predicted octanol–water partition coefficient (Wildman–Crippen LogP) is 1.83. The van der Waals surface area contributed by atoms with E-state index >= 15 is 0 Å². The monoisotopic (exact) mass is 234 g/mol. The third kappa shape index (κ3) is 3.53. The molecule has 0 aromatic carbocycles. The Kier molecular flexibility index (Phi) is 5.40. The molecular weight excluding hydrogens is 220 g/mol. The fraction of sp³-hybridized carbons (Fsp3) is 0.667. The number of aromatic nitrogens is 1. The Morgan fingerprint density at radius 3 is 3.21 bits per heavy atom. The average Bonchev–Trinajstić information content (AvgIpc) is 2.69. The van der Waals surface area contributed by atoms with Gasteiger partial charge in [0.25, 0.3) is 0 Å². The van der Waals surface area contributed by atoms with E-state index in [-0.39, 0.29) is 12.4 Å². The van der Waals surface area contributed by atoms with Gasteiger partial charge < -0.3 is 10.1 Å². The standard InChI is InChI=1S/C9H14N2OS.ClH/c1-2-8(4-10-3-1)12-6-9-5-11-7-13-9;/h5,7-8,10H,1-4,6H2;1H/t8-;/m1./s1. The molecule has 0 spiro atoms. The molecule has 0 amide bonds. The maximum Gasteiger partial charge on any atom is 0.0829 e. The Morgan fingerprint density at radius 2 is 2.57 bits per heavy atom. The molecule has 0 unspecified atom stereocenters. The lowest BCUT2D eigenvalue weighted by Gasteiger charge is -2.22. The Balaban J connectivity index is 0.000000980. The van der Waals surface area contributed by atoms with Crippen LogP contribution >= 0.6 is 23.7 Å². The van der Waals surface area contributed by atoms with Crippen LogP contribution in [0.15, 0.2) is 11.7 Å². The summed E-state index contributed by atoms with van der Waals surface area (Å²) in [4.78, 5) is 5.22. The van der Waals surface area contributed by atoms with Gasteiger partial charge in [0.1, 0.15) is 0 Å². The van der Waals surface area contributed by atoms with Gasteiger partial charge in [-0.3, -0.25) is 4.98 Å². The summed E-state index contributed by atoms with van der Waals surface area (Å²) in [7, 11) is 0. The third-order valence-electron chi connectivity index (χ3n) is 2.20. The molecule has 0 aliphatic carbocycles. The normalized spacial score (nSPS) is 21.6. The summed E-state index contributed by atoms with van der Waals surface area (Å²) < 4.78 is 5.74. The first kappa shape index (κ1) is 11.9. The second-order valence-electron chi connectivity index (χ2n) is 3.25. The van der Waals surface area contributed by atoms with Crippen molar-refractivity contribution < 1.29 is 4.74 Å². The molecule has 1 aliphatic heterocycles. The first-order chi connectivity index (χ1) is 6.45. The van der Waals surface area contributed by atoms with Crippen LogP contribution in [0.2, 0.25) is 0 Å². The quantitative estimate of drug-likeness (QED) is 0.867. The molecule has 1 aliphatic rings. The van der Waals surface area contributed by atoms with Crippen molar-refractivity contribution in [2.45, 2.75) is 25.6 Å². The van der Waals surface area contributed by atoms with Gasteiger partial charge in [0.05, 0.1) is 23.1 Å². The highest BCUT2D eigenvalue weighted by Gasteiger charge is 2.12. The molecule has 0 bridgehead atoms. The molecule has 2 rings (SSSR count). The SMILES string of the molecule is Cl.c1ncc(CO[C@@H]2CCCNC2)s1. The number of thiazole rings is 1. The fourth-order valence-electron chi connectivity index (χ4n) is 1.48. The Morgan fingerprint density at radius 1 is 1.64 bits per heavy atom. The minimum atomic E-state index is 0. The van der Waals surface area contributed by atoms with E-state index in [0.29, 0.717) is 6.10 Å². The van der Waals surface area contributed by atoms with Crippen LogP contribution in [0.4, 0.5) is 0 Å². The van der Waals surface area contributed by atoms with Crippen molar-refractivity contribution in [1.82, 2.24) is 10.3 Å². The number of hydrogen-bond donors (Lipinski definition) is 1. The minimum absolute atomic E-state index is 0. The van der Waals surface area contributed by atoms with Crippen molar-refractivity contribution in [3.05, 3.63) is 16.6 Å². The van der Waals surface area contributed by atoms with Crippen LogP contribution in [0.1, 0.15) is 17.7 Å². The lowest BCUT2D eigenvalue weighted by atomic mass is 10.1. The third-order valence-corrected chi connectivity index (χ3v) is 2.95. The summed E-state index contributed by atoms with van der Waals surface area (Å²) in [6.45, 7) is 2.86. The first-order valence-electron chi connectivity index (χ1n) is 4.65. The number of halogens is 1. The number of piperidine rings is 1. The summed E-state index contributed by atoms with van der Waals surface area (Å²) in [6, 6.07) is 0. The number of rotatable bonds is 3. The maximum atomic E-state index is 5.74. The van der Waals surface area contributed by atoms with Crippen molar-refractivity contribution >= 4 is 23.7 Å². The van der Waals surface area contributed by atoms with Crippen LogP contribution in [-0.4, -0.2) is 24.2 Å². The highest BCUT2D eigenvalue weighted by molar-refractivity contribution is 7.09. The molecular formula is C9H15ClN2OS. The van der Waals surface area contributed by atoms with E-state index in [4.69, 9.17) is 4.74 Å². The van der Waals surface area contributed by atoms with Gasteiger partial charge in [-0.15, -0.1) is 23.7 Å². The van der Waals surface area contributed by atoms with E-state index in [1.54, 1.807) is 11.3 Å². The summed E-state index contributed by atoms with van der Waals surface area (Å²) in [5.74, 6) is 0. The average molecular weight is 235 g/mol. The molecule has 0 saturated carbocycles. The van der Waals surface area contributed by atoms with Gasteiger partial charge >= 0.3 is 0 Å². The zero-order valence-corrected chi connectivity index (χ0v) is 9.57. The van der Waals surface area contributed by atoms with E-state index in [9.17, 15) is 0 Å². The van der Waals surface area contributed by atoms with Crippen LogP contribution in [-0.2, 0) is 11.3 Å². The smallest absolute Gasteiger partial charge is 0.0829 e. The highest BCUT2D eigenvalue weighted by atomic mass is 35.5. The van der Waals surface area contributed by atoms with E-state index in [0.717, 1.165) is 19.7 Å². The molecule has 1 fully saturated rings. The molecule has 1 saturated heterocycles. The minimum Gasteiger partial charge on any atom is -0.371 e. The topological polar surface area (TPSA) is 34.1 Å². The van der Waals surface area contributed by atoms with Crippen LogP contribution in [0, 0.1) is 0 Å². The zero-order valence-electron chi connectivity index (χ0n) is 7.94. The molecule has 1 atom stereocenters. The molecule has 14 heavy (non-hydrogen) atoms. The van der Waals surface area contributed by atoms with E-state index in [1.165, 1.54) is 17.7 Å². The largest absolute Gasteiger partial charge is 0.371 e. The molecule has 0 radical (unpaired) electrons. The van der Waals surface area contributed by atoms with Gasteiger partial charge in [0.15, 0.2) is 0 Å². The van der Waals surface area contributed by atoms with E-state index < -0.39 is 0 Å². The van der Waals surface area contributed by atoms with Gasteiger partial charge in [0.2, 0.25) is 0 Å². The Bertz CT molecular complexity index is 237.